The largest absolute Gasteiger partial charge is 0.481 e. The zero-order chi connectivity index (χ0) is 14.6. The Morgan fingerprint density at radius 2 is 2.25 bits per heavy atom. The summed E-state index contributed by atoms with van der Waals surface area (Å²) in [6.07, 6.45) is 2.89. The third-order valence-electron chi connectivity index (χ3n) is 4.13. The number of ether oxygens (including phenoxy) is 2. The van der Waals surface area contributed by atoms with Crippen LogP contribution in [-0.4, -0.2) is 54.6 Å². The third kappa shape index (κ3) is 3.19. The Morgan fingerprint density at radius 3 is 2.90 bits per heavy atom. The lowest BCUT2D eigenvalue weighted by molar-refractivity contribution is -0.0489. The molecule has 2 atom stereocenters. The zero-order valence-corrected chi connectivity index (χ0v) is 12.4. The summed E-state index contributed by atoms with van der Waals surface area (Å²) in [5, 5.41) is 10.7. The fraction of sp³-hybridized carbons (Fsp3) is 0.714. The van der Waals surface area contributed by atoms with Crippen LogP contribution in [0.4, 0.5) is 5.82 Å². The highest BCUT2D eigenvalue weighted by Gasteiger charge is 2.38. The van der Waals surface area contributed by atoms with Crippen LogP contribution in [-0.2, 0) is 4.74 Å². The Labute approximate surface area is 119 Å². The minimum absolute atomic E-state index is 0.160. The zero-order valence-electron chi connectivity index (χ0n) is 12.4. The Balaban J connectivity index is 2.04. The van der Waals surface area contributed by atoms with E-state index in [4.69, 9.17) is 9.47 Å². The molecule has 1 fully saturated rings. The van der Waals surface area contributed by atoms with Crippen LogP contribution >= 0.6 is 0 Å². The molecule has 0 aliphatic carbocycles. The van der Waals surface area contributed by atoms with Crippen molar-refractivity contribution in [1.82, 2.24) is 9.97 Å². The molecule has 6 heteroatoms. The van der Waals surface area contributed by atoms with Gasteiger partial charge in [-0.3, -0.25) is 0 Å². The highest BCUT2D eigenvalue weighted by atomic mass is 16.5. The van der Waals surface area contributed by atoms with Gasteiger partial charge in [0.25, 0.3) is 0 Å². The van der Waals surface area contributed by atoms with Gasteiger partial charge in [-0.1, -0.05) is 6.92 Å². The van der Waals surface area contributed by atoms with Crippen LogP contribution in [0.3, 0.4) is 0 Å². The van der Waals surface area contributed by atoms with E-state index >= 15 is 0 Å². The second-order valence-corrected chi connectivity index (χ2v) is 5.36. The van der Waals surface area contributed by atoms with Crippen molar-refractivity contribution in [3.8, 4) is 5.88 Å². The van der Waals surface area contributed by atoms with Crippen molar-refractivity contribution in [1.29, 1.82) is 0 Å². The minimum Gasteiger partial charge on any atom is -0.481 e. The van der Waals surface area contributed by atoms with Gasteiger partial charge in [0.05, 0.1) is 12.7 Å². The number of methoxy groups -OCH3 is 2. The van der Waals surface area contributed by atoms with Crippen molar-refractivity contribution in [2.24, 2.45) is 5.92 Å². The number of nitrogens with zero attached hydrogens (tertiary/aromatic N) is 3. The molecule has 0 saturated carbocycles. The maximum Gasteiger partial charge on any atom is 0.218 e. The van der Waals surface area contributed by atoms with Crippen LogP contribution in [0.1, 0.15) is 19.8 Å². The van der Waals surface area contributed by atoms with Gasteiger partial charge in [0.2, 0.25) is 5.88 Å². The molecule has 112 valence electrons. The number of hydrogen-bond acceptors (Lipinski definition) is 6. The van der Waals surface area contributed by atoms with Crippen LogP contribution in [0.15, 0.2) is 12.4 Å². The lowest BCUT2D eigenvalue weighted by Gasteiger charge is -2.43. The fourth-order valence-corrected chi connectivity index (χ4v) is 2.64. The smallest absolute Gasteiger partial charge is 0.218 e. The van der Waals surface area contributed by atoms with E-state index in [-0.39, 0.29) is 5.92 Å². The maximum atomic E-state index is 10.7. The maximum absolute atomic E-state index is 10.7. The number of rotatable bonds is 5. The summed E-state index contributed by atoms with van der Waals surface area (Å²) < 4.78 is 10.2. The first-order chi connectivity index (χ1) is 9.59. The summed E-state index contributed by atoms with van der Waals surface area (Å²) in [5.41, 5.74) is -0.649. The van der Waals surface area contributed by atoms with E-state index in [1.54, 1.807) is 14.2 Å². The van der Waals surface area contributed by atoms with E-state index in [0.717, 1.165) is 18.9 Å². The van der Waals surface area contributed by atoms with Crippen molar-refractivity contribution in [3.05, 3.63) is 12.4 Å². The molecule has 0 amide bonds. The van der Waals surface area contributed by atoms with Crippen molar-refractivity contribution in [2.75, 3.05) is 38.8 Å². The Kier molecular flexibility index (Phi) is 4.77. The van der Waals surface area contributed by atoms with Gasteiger partial charge in [-0.15, -0.1) is 0 Å². The van der Waals surface area contributed by atoms with Gasteiger partial charge in [-0.2, -0.15) is 0 Å². The molecule has 1 saturated heterocycles. The Morgan fingerprint density at radius 1 is 1.45 bits per heavy atom. The average molecular weight is 281 g/mol. The van der Waals surface area contributed by atoms with Crippen LogP contribution < -0.4 is 9.64 Å². The first kappa shape index (κ1) is 15.0. The number of anilines is 1. The lowest BCUT2D eigenvalue weighted by Crippen LogP contribution is -2.51. The first-order valence-corrected chi connectivity index (χ1v) is 6.91. The molecule has 0 unspecified atom stereocenters. The normalized spacial score (nSPS) is 26.6. The van der Waals surface area contributed by atoms with Crippen LogP contribution in [0.5, 0.6) is 5.88 Å². The predicted molar refractivity (Wildman–Crippen MR) is 76.0 cm³/mol. The highest BCUT2D eigenvalue weighted by Crippen LogP contribution is 2.33. The molecule has 0 bridgehead atoms. The molecule has 2 rings (SSSR count). The highest BCUT2D eigenvalue weighted by molar-refractivity contribution is 5.41. The van der Waals surface area contributed by atoms with Gasteiger partial charge in [-0.05, 0) is 12.8 Å². The molecule has 1 aliphatic rings. The SMILES string of the molecule is COCC[C@]1(O)CCN(c2cc(OC)ncn2)C[C@H]1C. The molecular weight excluding hydrogens is 258 g/mol. The number of piperidine rings is 1. The molecule has 1 N–H and O–H groups in total. The van der Waals surface area contributed by atoms with Gasteiger partial charge < -0.3 is 19.5 Å². The summed E-state index contributed by atoms with van der Waals surface area (Å²) in [6, 6.07) is 1.83. The molecule has 1 aliphatic heterocycles. The Hall–Kier alpha value is -1.40. The summed E-state index contributed by atoms with van der Waals surface area (Å²) in [4.78, 5) is 10.5. The van der Waals surface area contributed by atoms with E-state index in [9.17, 15) is 5.11 Å². The third-order valence-corrected chi connectivity index (χ3v) is 4.13. The Bertz CT molecular complexity index is 443. The van der Waals surface area contributed by atoms with Gasteiger partial charge in [-0.25, -0.2) is 9.97 Å². The van der Waals surface area contributed by atoms with Gasteiger partial charge in [0.15, 0.2) is 0 Å². The topological polar surface area (TPSA) is 67.7 Å². The van der Waals surface area contributed by atoms with Crippen molar-refractivity contribution < 1.29 is 14.6 Å². The standard InChI is InChI=1S/C14H23N3O3/c1-11-9-17(6-4-14(11,18)5-7-19-2)12-8-13(20-3)16-10-15-12/h8,10-11,18H,4-7,9H2,1-3H3/t11-,14-/m1/s1. The van der Waals surface area contributed by atoms with Crippen molar-refractivity contribution in [3.63, 3.8) is 0 Å². The summed E-state index contributed by atoms with van der Waals surface area (Å²) >= 11 is 0. The molecule has 20 heavy (non-hydrogen) atoms. The number of hydrogen-bond donors (Lipinski definition) is 1. The van der Waals surface area contributed by atoms with E-state index in [0.29, 0.717) is 25.3 Å². The van der Waals surface area contributed by atoms with E-state index < -0.39 is 5.60 Å². The number of aromatic nitrogens is 2. The summed E-state index contributed by atoms with van der Waals surface area (Å²) in [7, 11) is 3.25. The molecule has 0 spiro atoms. The molecule has 2 heterocycles. The average Bonchev–Trinajstić information content (AvgIpc) is 2.48. The monoisotopic (exact) mass is 281 g/mol. The molecule has 6 nitrogen and oxygen atoms in total. The van der Waals surface area contributed by atoms with Gasteiger partial charge >= 0.3 is 0 Å². The number of aliphatic hydroxyl groups is 1. The lowest BCUT2D eigenvalue weighted by atomic mass is 9.80. The van der Waals surface area contributed by atoms with Crippen molar-refractivity contribution >= 4 is 5.82 Å². The van der Waals surface area contributed by atoms with Crippen molar-refractivity contribution in [2.45, 2.75) is 25.4 Å². The van der Waals surface area contributed by atoms with Crippen LogP contribution in [0.2, 0.25) is 0 Å². The molecule has 0 aromatic carbocycles. The molecule has 1 aromatic heterocycles. The molecular formula is C14H23N3O3. The fourth-order valence-electron chi connectivity index (χ4n) is 2.64. The molecule has 1 aromatic rings. The summed E-state index contributed by atoms with van der Waals surface area (Å²) in [6.45, 7) is 4.19. The van der Waals surface area contributed by atoms with E-state index in [1.165, 1.54) is 6.33 Å². The second kappa shape index (κ2) is 6.37. The predicted octanol–water partition coefficient (Wildman–Crippen LogP) is 1.10. The van der Waals surface area contributed by atoms with Crippen LogP contribution in [0.25, 0.3) is 0 Å². The summed E-state index contributed by atoms with van der Waals surface area (Å²) in [5.74, 6) is 1.56. The van der Waals surface area contributed by atoms with Crippen LogP contribution in [0, 0.1) is 5.92 Å². The molecule has 0 radical (unpaired) electrons. The van der Waals surface area contributed by atoms with Gasteiger partial charge in [0.1, 0.15) is 12.1 Å². The van der Waals surface area contributed by atoms with E-state index in [2.05, 4.69) is 21.8 Å². The first-order valence-electron chi connectivity index (χ1n) is 6.91. The van der Waals surface area contributed by atoms with Gasteiger partial charge in [0, 0.05) is 38.8 Å². The quantitative estimate of drug-likeness (QED) is 0.871. The van der Waals surface area contributed by atoms with E-state index in [1.807, 2.05) is 6.07 Å². The second-order valence-electron chi connectivity index (χ2n) is 5.36. The minimum atomic E-state index is -0.649.